The maximum absolute atomic E-state index is 12.3. The number of benzene rings is 1. The van der Waals surface area contributed by atoms with E-state index in [4.69, 9.17) is 4.74 Å². The molecule has 0 saturated carbocycles. The fourth-order valence-electron chi connectivity index (χ4n) is 1.55. The second-order valence-electron chi connectivity index (χ2n) is 3.59. The number of hydrogen-bond donors (Lipinski definition) is 2. The average Bonchev–Trinajstić information content (AvgIpc) is 2.29. The predicted molar refractivity (Wildman–Crippen MR) is 53.6 cm³/mol. The Morgan fingerprint density at radius 2 is 1.82 bits per heavy atom. The summed E-state index contributed by atoms with van der Waals surface area (Å²) >= 11 is 0. The van der Waals surface area contributed by atoms with Crippen LogP contribution in [0.15, 0.2) is 36.7 Å². The quantitative estimate of drug-likeness (QED) is 0.796. The van der Waals surface area contributed by atoms with Crippen molar-refractivity contribution in [1.29, 1.82) is 0 Å². The topological polar surface area (TPSA) is 41.5 Å². The van der Waals surface area contributed by atoms with Crippen molar-refractivity contribution >= 4 is 0 Å². The van der Waals surface area contributed by atoms with E-state index in [1.807, 2.05) is 0 Å². The highest BCUT2D eigenvalue weighted by molar-refractivity contribution is 5.27. The van der Waals surface area contributed by atoms with Crippen LogP contribution in [0.5, 0.6) is 0 Å². The molecule has 0 bridgehead atoms. The maximum Gasteiger partial charge on any atom is 0.416 e. The van der Waals surface area contributed by atoms with Crippen LogP contribution >= 0.6 is 0 Å². The van der Waals surface area contributed by atoms with Crippen LogP contribution in [0.3, 0.4) is 0 Å². The van der Waals surface area contributed by atoms with Gasteiger partial charge >= 0.3 is 6.18 Å². The fraction of sp³-hybridized carbons (Fsp3) is 0.273. The van der Waals surface area contributed by atoms with Crippen molar-refractivity contribution in [3.63, 3.8) is 0 Å². The Morgan fingerprint density at radius 3 is 2.35 bits per heavy atom. The minimum Gasteiger partial charge on any atom is -0.487 e. The van der Waals surface area contributed by atoms with Gasteiger partial charge in [0.25, 0.3) is 0 Å². The number of halogens is 3. The van der Waals surface area contributed by atoms with Crippen molar-refractivity contribution in [2.45, 2.75) is 18.5 Å². The lowest BCUT2D eigenvalue weighted by Crippen LogP contribution is -2.34. The lowest BCUT2D eigenvalue weighted by Gasteiger charge is -2.26. The van der Waals surface area contributed by atoms with Gasteiger partial charge in [0.15, 0.2) is 12.3 Å². The summed E-state index contributed by atoms with van der Waals surface area (Å²) in [4.78, 5) is 0. The van der Waals surface area contributed by atoms with Gasteiger partial charge < -0.3 is 15.2 Å². The molecule has 1 heterocycles. The van der Waals surface area contributed by atoms with Crippen LogP contribution in [-0.4, -0.2) is 11.3 Å². The summed E-state index contributed by atoms with van der Waals surface area (Å²) in [5.74, 6) is 0. The SMILES string of the molecule is OC1NC=COC1c1ccc(C(F)(F)F)cc1. The molecule has 2 unspecified atom stereocenters. The number of rotatable bonds is 1. The molecule has 2 atom stereocenters. The van der Waals surface area contributed by atoms with Gasteiger partial charge in [-0.1, -0.05) is 12.1 Å². The minimum atomic E-state index is -4.36. The first kappa shape index (κ1) is 11.8. The van der Waals surface area contributed by atoms with Crippen molar-refractivity contribution in [2.24, 2.45) is 0 Å². The summed E-state index contributed by atoms with van der Waals surface area (Å²) in [5, 5.41) is 12.1. The zero-order chi connectivity index (χ0) is 12.5. The van der Waals surface area contributed by atoms with Gasteiger partial charge in [-0.2, -0.15) is 13.2 Å². The van der Waals surface area contributed by atoms with E-state index in [9.17, 15) is 18.3 Å². The Bertz CT molecular complexity index is 414. The van der Waals surface area contributed by atoms with Crippen LogP contribution in [0.2, 0.25) is 0 Å². The molecule has 0 aromatic heterocycles. The molecular formula is C11H10F3NO2. The second kappa shape index (κ2) is 4.29. The van der Waals surface area contributed by atoms with Crippen LogP contribution in [0, 0.1) is 0 Å². The fourth-order valence-corrected chi connectivity index (χ4v) is 1.55. The van der Waals surface area contributed by atoms with Gasteiger partial charge in [-0.05, 0) is 17.7 Å². The molecule has 17 heavy (non-hydrogen) atoms. The highest BCUT2D eigenvalue weighted by Crippen LogP contribution is 2.31. The zero-order valence-electron chi connectivity index (χ0n) is 8.61. The zero-order valence-corrected chi connectivity index (χ0v) is 8.61. The summed E-state index contributed by atoms with van der Waals surface area (Å²) in [6, 6.07) is 4.50. The normalized spacial score (nSPS) is 24.0. The molecule has 0 fully saturated rings. The average molecular weight is 245 g/mol. The summed E-state index contributed by atoms with van der Waals surface area (Å²) in [6.07, 6.45) is -3.28. The van der Waals surface area contributed by atoms with Crippen molar-refractivity contribution in [2.75, 3.05) is 0 Å². The molecule has 3 nitrogen and oxygen atoms in total. The molecule has 1 aromatic rings. The van der Waals surface area contributed by atoms with Crippen molar-refractivity contribution in [3.8, 4) is 0 Å². The van der Waals surface area contributed by atoms with Gasteiger partial charge in [-0.3, -0.25) is 0 Å². The summed E-state index contributed by atoms with van der Waals surface area (Å²) in [6.45, 7) is 0. The highest BCUT2D eigenvalue weighted by atomic mass is 19.4. The molecular weight excluding hydrogens is 235 g/mol. The standard InChI is InChI=1S/C11H10F3NO2/c12-11(13,14)8-3-1-7(2-4-8)9-10(16)15-5-6-17-9/h1-6,9-10,15-16H. The van der Waals surface area contributed by atoms with E-state index in [0.29, 0.717) is 5.56 Å². The molecule has 1 aromatic carbocycles. The minimum absolute atomic E-state index is 0.474. The lowest BCUT2D eigenvalue weighted by molar-refractivity contribution is -0.137. The second-order valence-corrected chi connectivity index (χ2v) is 3.59. The number of hydrogen-bond acceptors (Lipinski definition) is 3. The van der Waals surface area contributed by atoms with E-state index in [-0.39, 0.29) is 0 Å². The van der Waals surface area contributed by atoms with Crippen LogP contribution in [0.4, 0.5) is 13.2 Å². The summed E-state index contributed by atoms with van der Waals surface area (Å²) in [7, 11) is 0. The van der Waals surface area contributed by atoms with E-state index < -0.39 is 24.1 Å². The number of nitrogens with one attached hydrogen (secondary N) is 1. The Labute approximate surface area is 95.5 Å². The molecule has 1 aliphatic heterocycles. The molecule has 2 N–H and O–H groups in total. The van der Waals surface area contributed by atoms with Crippen molar-refractivity contribution < 1.29 is 23.0 Å². The van der Waals surface area contributed by atoms with Gasteiger partial charge in [0.1, 0.15) is 0 Å². The van der Waals surface area contributed by atoms with Gasteiger partial charge in [-0.25, -0.2) is 0 Å². The Hall–Kier alpha value is -1.69. The van der Waals surface area contributed by atoms with E-state index >= 15 is 0 Å². The molecule has 92 valence electrons. The largest absolute Gasteiger partial charge is 0.487 e. The molecule has 0 radical (unpaired) electrons. The molecule has 1 aliphatic rings. The van der Waals surface area contributed by atoms with E-state index in [2.05, 4.69) is 5.32 Å². The van der Waals surface area contributed by atoms with Crippen LogP contribution in [0.1, 0.15) is 17.2 Å². The third kappa shape index (κ3) is 2.52. The van der Waals surface area contributed by atoms with Crippen molar-refractivity contribution in [3.05, 3.63) is 47.9 Å². The van der Waals surface area contributed by atoms with Crippen LogP contribution in [0.25, 0.3) is 0 Å². The molecule has 6 heteroatoms. The Balaban J connectivity index is 2.21. The maximum atomic E-state index is 12.3. The molecule has 0 amide bonds. The molecule has 0 spiro atoms. The van der Waals surface area contributed by atoms with Gasteiger partial charge in [-0.15, -0.1) is 0 Å². The van der Waals surface area contributed by atoms with E-state index in [1.165, 1.54) is 24.6 Å². The third-order valence-electron chi connectivity index (χ3n) is 2.41. The first-order valence-corrected chi connectivity index (χ1v) is 4.90. The first-order valence-electron chi connectivity index (χ1n) is 4.90. The Morgan fingerprint density at radius 1 is 1.18 bits per heavy atom. The molecule has 2 rings (SSSR count). The number of ether oxygens (including phenoxy) is 1. The monoisotopic (exact) mass is 245 g/mol. The summed E-state index contributed by atoms with van der Waals surface area (Å²) in [5.41, 5.74) is -0.252. The van der Waals surface area contributed by atoms with Gasteiger partial charge in [0.2, 0.25) is 0 Å². The number of alkyl halides is 3. The van der Waals surface area contributed by atoms with Crippen molar-refractivity contribution in [1.82, 2.24) is 5.32 Å². The smallest absolute Gasteiger partial charge is 0.416 e. The Kier molecular flexibility index (Phi) is 2.97. The van der Waals surface area contributed by atoms with Gasteiger partial charge in [0, 0.05) is 6.20 Å². The number of aliphatic hydroxyl groups is 1. The lowest BCUT2D eigenvalue weighted by atomic mass is 10.1. The van der Waals surface area contributed by atoms with Gasteiger partial charge in [0.05, 0.1) is 11.8 Å². The summed E-state index contributed by atoms with van der Waals surface area (Å²) < 4.78 is 42.1. The van der Waals surface area contributed by atoms with E-state index in [0.717, 1.165) is 12.1 Å². The first-order chi connectivity index (χ1) is 7.98. The predicted octanol–water partition coefficient (Wildman–Crippen LogP) is 2.16. The van der Waals surface area contributed by atoms with E-state index in [1.54, 1.807) is 0 Å². The van der Waals surface area contributed by atoms with Crippen LogP contribution in [-0.2, 0) is 10.9 Å². The molecule has 0 aliphatic carbocycles. The third-order valence-corrected chi connectivity index (χ3v) is 2.41. The molecule has 0 saturated heterocycles. The van der Waals surface area contributed by atoms with Crippen LogP contribution < -0.4 is 5.32 Å². The number of aliphatic hydroxyl groups excluding tert-OH is 1. The highest BCUT2D eigenvalue weighted by Gasteiger charge is 2.31.